The van der Waals surface area contributed by atoms with E-state index >= 15 is 0 Å². The number of benzene rings is 1. The lowest BCUT2D eigenvalue weighted by Crippen LogP contribution is -2.34. The summed E-state index contributed by atoms with van der Waals surface area (Å²) in [6.45, 7) is 2.19. The molecule has 0 radical (unpaired) electrons. The van der Waals surface area contributed by atoms with Gasteiger partial charge < -0.3 is 15.2 Å². The zero-order valence-electron chi connectivity index (χ0n) is 16.1. The molecular weight excluding hydrogens is 390 g/mol. The number of nitrogens with one attached hydrogen (secondary N) is 1. The number of rotatable bonds is 7. The molecule has 3 rings (SSSR count). The third-order valence-corrected chi connectivity index (χ3v) is 5.74. The highest BCUT2D eigenvalue weighted by Crippen LogP contribution is 2.37. The maximum absolute atomic E-state index is 12.9. The van der Waals surface area contributed by atoms with Crippen LogP contribution < -0.4 is 5.32 Å². The number of anilines is 1. The molecule has 1 aliphatic carbocycles. The van der Waals surface area contributed by atoms with Gasteiger partial charge in [-0.3, -0.25) is 9.59 Å². The number of carboxylic acids is 1. The molecule has 1 heterocycles. The Kier molecular flexibility index (Phi) is 6.82. The van der Waals surface area contributed by atoms with E-state index in [1.54, 1.807) is 6.08 Å². The van der Waals surface area contributed by atoms with Gasteiger partial charge in [0.05, 0.1) is 18.4 Å². The summed E-state index contributed by atoms with van der Waals surface area (Å²) in [6, 6.07) is 9.40. The number of esters is 1. The summed E-state index contributed by atoms with van der Waals surface area (Å²) in [6.07, 6.45) is 4.97. The third-order valence-electron chi connectivity index (χ3n) is 4.84. The maximum atomic E-state index is 12.9. The van der Waals surface area contributed by atoms with Gasteiger partial charge in [-0.2, -0.15) is 0 Å². The van der Waals surface area contributed by atoms with Crippen molar-refractivity contribution in [3.05, 3.63) is 53.4 Å². The van der Waals surface area contributed by atoms with Crippen molar-refractivity contribution in [1.29, 1.82) is 0 Å². The van der Waals surface area contributed by atoms with Crippen LogP contribution in [0, 0.1) is 11.8 Å². The summed E-state index contributed by atoms with van der Waals surface area (Å²) in [5, 5.41) is 14.4. The van der Waals surface area contributed by atoms with Crippen molar-refractivity contribution in [2.75, 3.05) is 11.9 Å². The molecule has 0 fully saturated rings. The van der Waals surface area contributed by atoms with E-state index in [-0.39, 0.29) is 6.61 Å². The lowest BCUT2D eigenvalue weighted by molar-refractivity contribution is -0.146. The first kappa shape index (κ1) is 20.8. The van der Waals surface area contributed by atoms with Crippen LogP contribution in [-0.4, -0.2) is 29.6 Å². The van der Waals surface area contributed by atoms with Gasteiger partial charge in [0.2, 0.25) is 5.91 Å². The summed E-state index contributed by atoms with van der Waals surface area (Å²) in [5.74, 6) is -3.34. The standard InChI is InChI=1S/C22H23NO5S/c1-2-12-28-22(27)18-17(14-8-4-3-5-9-14)13-29-20(18)23-19(24)15-10-6-7-11-16(15)21(25)26/h3-9,13,15-16H,2,10-12H2,1H3,(H,23,24)(H,25,26)/t15-,16-/m0/s1. The first-order valence-corrected chi connectivity index (χ1v) is 10.4. The van der Waals surface area contributed by atoms with Gasteiger partial charge in [0.15, 0.2) is 0 Å². The Bertz CT molecular complexity index is 919. The number of hydrogen-bond donors (Lipinski definition) is 2. The smallest absolute Gasteiger partial charge is 0.341 e. The van der Waals surface area contributed by atoms with Crippen LogP contribution in [0.4, 0.5) is 5.00 Å². The lowest BCUT2D eigenvalue weighted by Gasteiger charge is -2.24. The van der Waals surface area contributed by atoms with E-state index < -0.39 is 29.7 Å². The zero-order valence-corrected chi connectivity index (χ0v) is 16.9. The molecule has 1 aromatic heterocycles. The Hall–Kier alpha value is -2.93. The van der Waals surface area contributed by atoms with Crippen molar-refractivity contribution in [1.82, 2.24) is 0 Å². The molecule has 1 aromatic carbocycles. The summed E-state index contributed by atoms with van der Waals surface area (Å²) < 4.78 is 5.34. The normalized spacial score (nSPS) is 18.2. The fraction of sp³-hybridized carbons (Fsp3) is 0.318. The first-order chi connectivity index (χ1) is 14.0. The van der Waals surface area contributed by atoms with Crippen LogP contribution in [-0.2, 0) is 14.3 Å². The fourth-order valence-corrected chi connectivity index (χ4v) is 4.29. The largest absolute Gasteiger partial charge is 0.481 e. The summed E-state index contributed by atoms with van der Waals surface area (Å²) in [4.78, 5) is 37.1. The second-order valence-corrected chi connectivity index (χ2v) is 7.72. The molecule has 2 N–H and O–H groups in total. The Balaban J connectivity index is 1.91. The number of allylic oxidation sites excluding steroid dienone is 2. The van der Waals surface area contributed by atoms with Gasteiger partial charge in [-0.15, -0.1) is 11.3 Å². The molecule has 0 saturated heterocycles. The first-order valence-electron chi connectivity index (χ1n) is 9.55. The Morgan fingerprint density at radius 3 is 2.48 bits per heavy atom. The van der Waals surface area contributed by atoms with Gasteiger partial charge in [0.25, 0.3) is 0 Å². The molecule has 7 heteroatoms. The Labute approximate surface area is 173 Å². The number of ether oxygens (including phenoxy) is 1. The molecule has 2 atom stereocenters. The SMILES string of the molecule is CCCOC(=O)c1c(-c2ccccc2)csc1NC(=O)[C@H]1CC=CC[C@@H]1C(=O)O. The van der Waals surface area contributed by atoms with E-state index in [2.05, 4.69) is 5.32 Å². The highest BCUT2D eigenvalue weighted by atomic mass is 32.1. The Morgan fingerprint density at radius 2 is 1.83 bits per heavy atom. The predicted octanol–water partition coefficient (Wildman–Crippen LogP) is 4.59. The number of carbonyl (C=O) groups excluding carboxylic acids is 2. The fourth-order valence-electron chi connectivity index (χ4n) is 3.33. The molecular formula is C22H23NO5S. The minimum absolute atomic E-state index is 0.283. The number of amides is 1. The van der Waals surface area contributed by atoms with Crippen LogP contribution >= 0.6 is 11.3 Å². The van der Waals surface area contributed by atoms with Crippen molar-refractivity contribution >= 4 is 34.2 Å². The van der Waals surface area contributed by atoms with E-state index in [9.17, 15) is 19.5 Å². The molecule has 6 nitrogen and oxygen atoms in total. The molecule has 2 aromatic rings. The number of hydrogen-bond acceptors (Lipinski definition) is 5. The van der Waals surface area contributed by atoms with Gasteiger partial charge >= 0.3 is 11.9 Å². The second kappa shape index (κ2) is 9.52. The molecule has 0 aliphatic heterocycles. The molecule has 0 saturated carbocycles. The third kappa shape index (κ3) is 4.74. The summed E-state index contributed by atoms with van der Waals surface area (Å²) in [5.41, 5.74) is 1.84. The van der Waals surface area contributed by atoms with E-state index in [4.69, 9.17) is 4.74 Å². The van der Waals surface area contributed by atoms with Gasteiger partial charge in [-0.05, 0) is 24.8 Å². The number of carboxylic acid groups (broad SMARTS) is 1. The molecule has 1 amide bonds. The van der Waals surface area contributed by atoms with Crippen LogP contribution in [0.5, 0.6) is 0 Å². The lowest BCUT2D eigenvalue weighted by atomic mass is 9.82. The van der Waals surface area contributed by atoms with Crippen molar-refractivity contribution in [3.63, 3.8) is 0 Å². The number of carbonyl (C=O) groups is 3. The summed E-state index contributed by atoms with van der Waals surface area (Å²) >= 11 is 1.24. The van der Waals surface area contributed by atoms with E-state index in [1.807, 2.05) is 48.7 Å². The van der Waals surface area contributed by atoms with Crippen LogP contribution in [0.15, 0.2) is 47.9 Å². The summed E-state index contributed by atoms with van der Waals surface area (Å²) in [7, 11) is 0. The average Bonchev–Trinajstić information content (AvgIpc) is 3.16. The quantitative estimate of drug-likeness (QED) is 0.512. The topological polar surface area (TPSA) is 92.7 Å². The number of aliphatic carboxylic acids is 1. The maximum Gasteiger partial charge on any atom is 0.341 e. The van der Waals surface area contributed by atoms with Gasteiger partial charge in [-0.1, -0.05) is 49.4 Å². The molecule has 0 spiro atoms. The van der Waals surface area contributed by atoms with E-state index in [1.165, 1.54) is 11.3 Å². The van der Waals surface area contributed by atoms with Gasteiger partial charge in [0.1, 0.15) is 10.6 Å². The zero-order chi connectivity index (χ0) is 20.8. The Morgan fingerprint density at radius 1 is 1.14 bits per heavy atom. The van der Waals surface area contributed by atoms with E-state index in [0.717, 1.165) is 5.56 Å². The average molecular weight is 413 g/mol. The van der Waals surface area contributed by atoms with Crippen molar-refractivity contribution < 1.29 is 24.2 Å². The van der Waals surface area contributed by atoms with Gasteiger partial charge in [0, 0.05) is 10.9 Å². The highest BCUT2D eigenvalue weighted by molar-refractivity contribution is 7.15. The van der Waals surface area contributed by atoms with Crippen LogP contribution in [0.1, 0.15) is 36.5 Å². The second-order valence-electron chi connectivity index (χ2n) is 6.84. The van der Waals surface area contributed by atoms with Gasteiger partial charge in [-0.25, -0.2) is 4.79 Å². The van der Waals surface area contributed by atoms with Crippen molar-refractivity contribution in [3.8, 4) is 11.1 Å². The predicted molar refractivity (Wildman–Crippen MR) is 112 cm³/mol. The highest BCUT2D eigenvalue weighted by Gasteiger charge is 2.35. The van der Waals surface area contributed by atoms with Crippen LogP contribution in [0.25, 0.3) is 11.1 Å². The minimum Gasteiger partial charge on any atom is -0.481 e. The molecule has 0 unspecified atom stereocenters. The van der Waals surface area contributed by atoms with Crippen molar-refractivity contribution in [2.45, 2.75) is 26.2 Å². The van der Waals surface area contributed by atoms with Crippen LogP contribution in [0.3, 0.4) is 0 Å². The minimum atomic E-state index is -0.992. The van der Waals surface area contributed by atoms with E-state index in [0.29, 0.717) is 35.4 Å². The molecule has 29 heavy (non-hydrogen) atoms. The molecule has 1 aliphatic rings. The monoisotopic (exact) mass is 413 g/mol. The van der Waals surface area contributed by atoms with Crippen molar-refractivity contribution in [2.24, 2.45) is 11.8 Å². The molecule has 152 valence electrons. The number of thiophene rings is 1. The van der Waals surface area contributed by atoms with Crippen LogP contribution in [0.2, 0.25) is 0 Å². The molecule has 0 bridgehead atoms.